The molecule has 2 aromatic heterocycles. The largest absolute Gasteiger partial charge is 0.368 e. The number of carbonyl (C=O) groups is 1. The number of rotatable bonds is 4. The summed E-state index contributed by atoms with van der Waals surface area (Å²) < 4.78 is 11.7. The predicted molar refractivity (Wildman–Crippen MR) is 113 cm³/mol. The Morgan fingerprint density at radius 2 is 2.18 bits per heavy atom. The highest BCUT2D eigenvalue weighted by Crippen LogP contribution is 2.28. The number of hydrogen-bond acceptors (Lipinski definition) is 6. The number of nitrogens with two attached hydrogens (primary N) is 1. The molecular formula is C20H20N4O2S2. The van der Waals surface area contributed by atoms with Crippen LogP contribution in [0.4, 0.5) is 5.95 Å². The third kappa shape index (κ3) is 3.98. The van der Waals surface area contributed by atoms with E-state index >= 15 is 0 Å². The standard InChI is InChI=1S/C20H20N4O2S2/c1-12-8-13(16-4-6-22-20(21)24-16)2-3-14(12)10-23-19(25)18-9-15-11-28(26)7-5-17(15)27-18/h2-4,6,8-9H,5,7,10-11H2,1H3,(H,23,25)(H2,21,22,24). The zero-order valence-corrected chi connectivity index (χ0v) is 17.0. The number of carbonyl (C=O) groups excluding carboxylic acids is 1. The fourth-order valence-electron chi connectivity index (χ4n) is 3.21. The highest BCUT2D eigenvalue weighted by Gasteiger charge is 2.20. The van der Waals surface area contributed by atoms with Gasteiger partial charge in [-0.15, -0.1) is 11.3 Å². The van der Waals surface area contributed by atoms with Crippen LogP contribution in [0.2, 0.25) is 0 Å². The smallest absolute Gasteiger partial charge is 0.261 e. The second-order valence-electron chi connectivity index (χ2n) is 6.72. The van der Waals surface area contributed by atoms with Gasteiger partial charge in [0, 0.05) is 45.5 Å². The summed E-state index contributed by atoms with van der Waals surface area (Å²) in [6.45, 7) is 2.46. The van der Waals surface area contributed by atoms with E-state index in [1.807, 2.05) is 37.3 Å². The number of aryl methyl sites for hydroxylation is 2. The number of nitrogens with zero attached hydrogens (tertiary/aromatic N) is 2. The van der Waals surface area contributed by atoms with Crippen LogP contribution in [0.3, 0.4) is 0 Å². The third-order valence-electron chi connectivity index (χ3n) is 4.75. The molecule has 0 aliphatic carbocycles. The maximum atomic E-state index is 12.5. The Kier molecular flexibility index (Phi) is 5.23. The minimum absolute atomic E-state index is 0.0859. The summed E-state index contributed by atoms with van der Waals surface area (Å²) >= 11 is 1.51. The van der Waals surface area contributed by atoms with E-state index < -0.39 is 10.8 Å². The van der Waals surface area contributed by atoms with Crippen LogP contribution in [0.15, 0.2) is 36.5 Å². The van der Waals surface area contributed by atoms with Crippen LogP contribution in [0.25, 0.3) is 11.3 Å². The number of thiophene rings is 1. The number of aromatic nitrogens is 2. The van der Waals surface area contributed by atoms with E-state index in [-0.39, 0.29) is 11.9 Å². The molecule has 1 unspecified atom stereocenters. The molecule has 144 valence electrons. The van der Waals surface area contributed by atoms with E-state index in [1.165, 1.54) is 16.2 Å². The molecule has 8 heteroatoms. The van der Waals surface area contributed by atoms with Crippen molar-refractivity contribution in [3.8, 4) is 11.3 Å². The van der Waals surface area contributed by atoms with E-state index in [4.69, 9.17) is 5.73 Å². The first-order chi connectivity index (χ1) is 13.5. The second kappa shape index (κ2) is 7.81. The average Bonchev–Trinajstić information content (AvgIpc) is 3.10. The molecular weight excluding hydrogens is 392 g/mol. The normalized spacial score (nSPS) is 15.8. The maximum absolute atomic E-state index is 12.5. The number of hydrogen-bond donors (Lipinski definition) is 2. The van der Waals surface area contributed by atoms with E-state index in [9.17, 15) is 9.00 Å². The van der Waals surface area contributed by atoms with Gasteiger partial charge in [-0.3, -0.25) is 9.00 Å². The van der Waals surface area contributed by atoms with Crippen LogP contribution >= 0.6 is 11.3 Å². The Morgan fingerprint density at radius 3 is 2.96 bits per heavy atom. The van der Waals surface area contributed by atoms with E-state index in [2.05, 4.69) is 15.3 Å². The molecule has 1 amide bonds. The topological polar surface area (TPSA) is 98.0 Å². The monoisotopic (exact) mass is 412 g/mol. The first-order valence-corrected chi connectivity index (χ1v) is 11.2. The van der Waals surface area contributed by atoms with Crippen LogP contribution in [0.1, 0.15) is 31.2 Å². The van der Waals surface area contributed by atoms with Crippen molar-refractivity contribution in [2.24, 2.45) is 0 Å². The summed E-state index contributed by atoms with van der Waals surface area (Å²) in [5.74, 6) is 1.41. The van der Waals surface area contributed by atoms with Gasteiger partial charge in [-0.2, -0.15) is 0 Å². The van der Waals surface area contributed by atoms with Gasteiger partial charge in [0.25, 0.3) is 5.91 Å². The van der Waals surface area contributed by atoms with Crippen molar-refractivity contribution in [1.82, 2.24) is 15.3 Å². The lowest BCUT2D eigenvalue weighted by Crippen LogP contribution is -2.22. The Morgan fingerprint density at radius 1 is 1.32 bits per heavy atom. The molecule has 0 radical (unpaired) electrons. The van der Waals surface area contributed by atoms with Crippen molar-refractivity contribution in [3.05, 3.63) is 63.0 Å². The van der Waals surface area contributed by atoms with Gasteiger partial charge in [0.2, 0.25) is 5.95 Å². The lowest BCUT2D eigenvalue weighted by molar-refractivity contribution is 0.0955. The van der Waals surface area contributed by atoms with Gasteiger partial charge in [-0.25, -0.2) is 9.97 Å². The molecule has 1 aromatic carbocycles. The van der Waals surface area contributed by atoms with Crippen molar-refractivity contribution < 1.29 is 9.00 Å². The molecule has 3 heterocycles. The second-order valence-corrected chi connectivity index (χ2v) is 9.43. The number of amides is 1. The molecule has 0 bridgehead atoms. The molecule has 3 N–H and O–H groups in total. The third-order valence-corrected chi connectivity index (χ3v) is 7.27. The van der Waals surface area contributed by atoms with Gasteiger partial charge in [0.1, 0.15) is 0 Å². The Balaban J connectivity index is 1.45. The number of fused-ring (bicyclic) bond motifs is 1. The van der Waals surface area contributed by atoms with Crippen LogP contribution in [0.5, 0.6) is 0 Å². The van der Waals surface area contributed by atoms with Gasteiger partial charge in [0.05, 0.1) is 10.6 Å². The maximum Gasteiger partial charge on any atom is 0.261 e. The molecule has 6 nitrogen and oxygen atoms in total. The number of benzene rings is 1. The number of nitrogen functional groups attached to an aromatic ring is 1. The van der Waals surface area contributed by atoms with Crippen molar-refractivity contribution in [2.75, 3.05) is 11.5 Å². The fraction of sp³-hybridized carbons (Fsp3) is 0.250. The van der Waals surface area contributed by atoms with Crippen molar-refractivity contribution >= 4 is 34.0 Å². The molecule has 4 rings (SSSR count). The number of anilines is 1. The Bertz CT molecular complexity index is 1080. The molecule has 28 heavy (non-hydrogen) atoms. The molecule has 1 atom stereocenters. The minimum Gasteiger partial charge on any atom is -0.368 e. The van der Waals surface area contributed by atoms with Crippen LogP contribution in [-0.2, 0) is 29.5 Å². The molecule has 0 saturated heterocycles. The van der Waals surface area contributed by atoms with Crippen molar-refractivity contribution in [3.63, 3.8) is 0 Å². The molecule has 0 spiro atoms. The molecule has 1 aliphatic heterocycles. The van der Waals surface area contributed by atoms with Crippen LogP contribution < -0.4 is 11.1 Å². The highest BCUT2D eigenvalue weighted by atomic mass is 32.2. The average molecular weight is 413 g/mol. The lowest BCUT2D eigenvalue weighted by atomic mass is 10.0. The SMILES string of the molecule is Cc1cc(-c2ccnc(N)n2)ccc1CNC(=O)c1cc2c(s1)CCS(=O)C2. The summed E-state index contributed by atoms with van der Waals surface area (Å²) in [5, 5.41) is 2.99. The molecule has 0 fully saturated rings. The van der Waals surface area contributed by atoms with Gasteiger partial charge in [-0.05, 0) is 48.2 Å². The van der Waals surface area contributed by atoms with Crippen molar-refractivity contribution in [2.45, 2.75) is 25.6 Å². The van der Waals surface area contributed by atoms with Crippen LogP contribution in [0, 0.1) is 6.92 Å². The zero-order chi connectivity index (χ0) is 19.7. The summed E-state index contributed by atoms with van der Waals surface area (Å²) in [6.07, 6.45) is 2.44. The van der Waals surface area contributed by atoms with Gasteiger partial charge < -0.3 is 11.1 Å². The van der Waals surface area contributed by atoms with Gasteiger partial charge in [-0.1, -0.05) is 12.1 Å². The first-order valence-electron chi connectivity index (χ1n) is 8.93. The van der Waals surface area contributed by atoms with Crippen LogP contribution in [-0.4, -0.2) is 25.8 Å². The van der Waals surface area contributed by atoms with Gasteiger partial charge in [0.15, 0.2) is 0 Å². The fourth-order valence-corrected chi connectivity index (χ4v) is 5.71. The summed E-state index contributed by atoms with van der Waals surface area (Å²) in [4.78, 5) is 22.6. The quantitative estimate of drug-likeness (QED) is 0.687. The minimum atomic E-state index is -0.800. The van der Waals surface area contributed by atoms with Crippen molar-refractivity contribution in [1.29, 1.82) is 0 Å². The lowest BCUT2D eigenvalue weighted by Gasteiger charge is -2.10. The summed E-state index contributed by atoms with van der Waals surface area (Å²) in [6, 6.07) is 9.70. The summed E-state index contributed by atoms with van der Waals surface area (Å²) in [5.41, 5.74) is 10.6. The zero-order valence-electron chi connectivity index (χ0n) is 15.4. The van der Waals surface area contributed by atoms with E-state index in [0.29, 0.717) is 22.9 Å². The molecule has 3 aromatic rings. The van der Waals surface area contributed by atoms with E-state index in [1.54, 1.807) is 6.20 Å². The van der Waals surface area contributed by atoms with Gasteiger partial charge >= 0.3 is 0 Å². The Hall–Kier alpha value is -2.58. The first kappa shape index (κ1) is 18.8. The Labute approximate surface area is 169 Å². The summed E-state index contributed by atoms with van der Waals surface area (Å²) in [7, 11) is -0.800. The molecule has 0 saturated carbocycles. The number of nitrogens with one attached hydrogen (secondary N) is 1. The molecule has 1 aliphatic rings. The van der Waals surface area contributed by atoms with E-state index in [0.717, 1.165) is 34.4 Å². The predicted octanol–water partition coefficient (Wildman–Crippen LogP) is 2.83. The highest BCUT2D eigenvalue weighted by molar-refractivity contribution is 7.84.